The molecule has 3 heteroatoms. The fraction of sp³-hybridized carbons (Fsp3) is 0.929. The highest BCUT2D eigenvalue weighted by Crippen LogP contribution is 2.67. The number of rotatable bonds is 5. The summed E-state index contributed by atoms with van der Waals surface area (Å²) >= 11 is 0. The van der Waals surface area contributed by atoms with Crippen LogP contribution in [-0.2, 0) is 9.59 Å². The molecule has 1 N–H and O–H groups in total. The number of aliphatic hydroxyl groups excluding tert-OH is 1. The van der Waals surface area contributed by atoms with Gasteiger partial charge in [-0.1, -0.05) is 41.5 Å². The summed E-state index contributed by atoms with van der Waals surface area (Å²) in [5.41, 5.74) is 0.280. The molecule has 0 heterocycles. The van der Waals surface area contributed by atoms with Crippen LogP contribution >= 0.6 is 0 Å². The van der Waals surface area contributed by atoms with Crippen LogP contribution in [0.1, 0.15) is 99.3 Å². The van der Waals surface area contributed by atoms with Gasteiger partial charge in [0.05, 0.1) is 6.10 Å². The maximum atomic E-state index is 13.2. The lowest BCUT2D eigenvalue weighted by Gasteiger charge is -2.60. The molecule has 4 fully saturated rings. The number of hydrogen-bond acceptors (Lipinski definition) is 3. The maximum absolute atomic E-state index is 13.2. The third-order valence-corrected chi connectivity index (χ3v) is 11.3. The molecule has 4 rings (SSSR count). The van der Waals surface area contributed by atoms with E-state index in [1.165, 1.54) is 25.7 Å². The molecule has 0 aliphatic heterocycles. The normalized spacial score (nSPS) is 45.6. The lowest BCUT2D eigenvalue weighted by atomic mass is 9.44. The van der Waals surface area contributed by atoms with Crippen LogP contribution in [0.4, 0.5) is 0 Å². The first kappa shape index (κ1) is 23.5. The Labute approximate surface area is 190 Å². The highest BCUT2D eigenvalue weighted by molar-refractivity contribution is 5.90. The van der Waals surface area contributed by atoms with E-state index in [0.29, 0.717) is 72.3 Å². The number of Topliss-reactive ketones (excluding diaryl/α,β-unsaturated/α-hetero) is 2. The molecular formula is C28H46O3. The van der Waals surface area contributed by atoms with Crippen LogP contribution in [0.3, 0.4) is 0 Å². The van der Waals surface area contributed by atoms with Gasteiger partial charge in [-0.2, -0.15) is 0 Å². The summed E-state index contributed by atoms with van der Waals surface area (Å²) < 4.78 is 0. The lowest BCUT2D eigenvalue weighted by molar-refractivity contribution is -0.159. The first-order valence-corrected chi connectivity index (χ1v) is 13.2. The second-order valence-electron chi connectivity index (χ2n) is 13.0. The molecule has 0 aromatic carbocycles. The Hall–Kier alpha value is -0.700. The Morgan fingerprint density at radius 1 is 0.935 bits per heavy atom. The van der Waals surface area contributed by atoms with Crippen molar-refractivity contribution in [3.05, 3.63) is 0 Å². The Kier molecular flexibility index (Phi) is 6.25. The van der Waals surface area contributed by atoms with E-state index >= 15 is 0 Å². The van der Waals surface area contributed by atoms with Gasteiger partial charge < -0.3 is 5.11 Å². The van der Waals surface area contributed by atoms with Crippen molar-refractivity contribution in [2.45, 2.75) is 105 Å². The molecule has 4 aliphatic carbocycles. The van der Waals surface area contributed by atoms with Crippen molar-refractivity contribution in [1.29, 1.82) is 0 Å². The minimum Gasteiger partial charge on any atom is -0.393 e. The van der Waals surface area contributed by atoms with Crippen molar-refractivity contribution < 1.29 is 14.7 Å². The average Bonchev–Trinajstić information content (AvgIpc) is 3.06. The molecule has 10 atom stereocenters. The smallest absolute Gasteiger partial charge is 0.137 e. The van der Waals surface area contributed by atoms with Crippen molar-refractivity contribution in [1.82, 2.24) is 0 Å². The van der Waals surface area contributed by atoms with E-state index in [1.54, 1.807) is 0 Å². The van der Waals surface area contributed by atoms with Gasteiger partial charge in [0.15, 0.2) is 0 Å². The number of carbonyl (C=O) groups excluding carboxylic acids is 2. The van der Waals surface area contributed by atoms with Crippen LogP contribution in [0.15, 0.2) is 0 Å². The first-order valence-electron chi connectivity index (χ1n) is 13.2. The zero-order valence-electron chi connectivity index (χ0n) is 20.8. The molecule has 176 valence electrons. The largest absolute Gasteiger partial charge is 0.393 e. The fourth-order valence-corrected chi connectivity index (χ4v) is 8.88. The monoisotopic (exact) mass is 430 g/mol. The zero-order valence-corrected chi connectivity index (χ0v) is 20.8. The molecular weight excluding hydrogens is 384 g/mol. The molecule has 0 unspecified atom stereocenters. The van der Waals surface area contributed by atoms with Crippen LogP contribution in [0.5, 0.6) is 0 Å². The van der Waals surface area contributed by atoms with Gasteiger partial charge in [0.25, 0.3) is 0 Å². The van der Waals surface area contributed by atoms with Crippen molar-refractivity contribution >= 4 is 11.6 Å². The van der Waals surface area contributed by atoms with E-state index in [2.05, 4.69) is 41.5 Å². The Balaban J connectivity index is 1.53. The van der Waals surface area contributed by atoms with Crippen LogP contribution < -0.4 is 0 Å². The number of aliphatic hydroxyl groups is 1. The van der Waals surface area contributed by atoms with Gasteiger partial charge in [0, 0.05) is 25.2 Å². The summed E-state index contributed by atoms with van der Waals surface area (Å²) in [7, 11) is 0. The molecule has 3 nitrogen and oxygen atoms in total. The van der Waals surface area contributed by atoms with Crippen molar-refractivity contribution in [3.8, 4) is 0 Å². The van der Waals surface area contributed by atoms with Crippen LogP contribution in [0.25, 0.3) is 0 Å². The summed E-state index contributed by atoms with van der Waals surface area (Å²) in [4.78, 5) is 25.4. The quantitative estimate of drug-likeness (QED) is 0.576. The van der Waals surface area contributed by atoms with Gasteiger partial charge in [-0.25, -0.2) is 0 Å². The average molecular weight is 431 g/mol. The van der Waals surface area contributed by atoms with Crippen LogP contribution in [0, 0.1) is 58.2 Å². The maximum Gasteiger partial charge on any atom is 0.137 e. The molecule has 0 aromatic rings. The molecule has 31 heavy (non-hydrogen) atoms. The minimum absolute atomic E-state index is 0.0187. The van der Waals surface area contributed by atoms with Gasteiger partial charge in [0.2, 0.25) is 0 Å². The number of fused-ring (bicyclic) bond motifs is 5. The van der Waals surface area contributed by atoms with Crippen molar-refractivity contribution in [2.24, 2.45) is 58.2 Å². The zero-order chi connectivity index (χ0) is 22.7. The molecule has 0 radical (unpaired) electrons. The van der Waals surface area contributed by atoms with E-state index < -0.39 is 0 Å². The van der Waals surface area contributed by atoms with Gasteiger partial charge in [0.1, 0.15) is 11.6 Å². The number of hydrogen-bond donors (Lipinski definition) is 1. The fourth-order valence-electron chi connectivity index (χ4n) is 8.88. The summed E-state index contributed by atoms with van der Waals surface area (Å²) in [5, 5.41) is 11.1. The van der Waals surface area contributed by atoms with E-state index in [0.717, 1.165) is 12.8 Å². The second-order valence-corrected chi connectivity index (χ2v) is 13.0. The third-order valence-electron chi connectivity index (χ3n) is 11.3. The van der Waals surface area contributed by atoms with Gasteiger partial charge in [-0.3, -0.25) is 9.59 Å². The summed E-state index contributed by atoms with van der Waals surface area (Å²) in [6.45, 7) is 13.9. The highest BCUT2D eigenvalue weighted by Gasteiger charge is 2.62. The van der Waals surface area contributed by atoms with E-state index in [9.17, 15) is 14.7 Å². The van der Waals surface area contributed by atoms with Crippen LogP contribution in [0.2, 0.25) is 0 Å². The van der Waals surface area contributed by atoms with Gasteiger partial charge in [-0.15, -0.1) is 0 Å². The number of ketones is 2. The molecule has 0 aromatic heterocycles. The summed E-state index contributed by atoms with van der Waals surface area (Å²) in [5.74, 6) is 4.38. The SMILES string of the molecule is CC(C)[C@H](C)C[C@H](O)[C@@H](C)[C@H]1CC[C@H]2[C@@H]3CC(=O)[C@H]4CC(=O)CC[C@]4(C)[C@H]3CC[C@]12C. The molecule has 0 saturated heterocycles. The Morgan fingerprint density at radius 2 is 1.61 bits per heavy atom. The molecule has 0 bridgehead atoms. The molecule has 0 amide bonds. The molecule has 0 spiro atoms. The first-order chi connectivity index (χ1) is 14.5. The minimum atomic E-state index is -0.227. The van der Waals surface area contributed by atoms with Gasteiger partial charge >= 0.3 is 0 Å². The highest BCUT2D eigenvalue weighted by atomic mass is 16.3. The van der Waals surface area contributed by atoms with E-state index in [1.807, 2.05) is 0 Å². The van der Waals surface area contributed by atoms with Crippen molar-refractivity contribution in [2.75, 3.05) is 0 Å². The third kappa shape index (κ3) is 3.75. The standard InChI is InChI=1S/C28H46O3/c1-16(2)17(3)13-25(30)18(4)21-7-8-22-20-15-26(31)24-14-19(29)9-11-28(24,6)23(20)10-12-27(21,22)5/h16-18,20-25,30H,7-15H2,1-6H3/t17-,18+,20+,21-,22+,23+,24-,25+,27-,28-/m1/s1. The molecule has 4 aliphatic rings. The predicted octanol–water partition coefficient (Wildman–Crippen LogP) is 6.07. The summed E-state index contributed by atoms with van der Waals surface area (Å²) in [6.07, 6.45) is 8.30. The van der Waals surface area contributed by atoms with Crippen molar-refractivity contribution in [3.63, 3.8) is 0 Å². The van der Waals surface area contributed by atoms with Crippen LogP contribution in [-0.4, -0.2) is 22.8 Å². The second kappa shape index (κ2) is 8.26. The number of carbonyl (C=O) groups is 2. The Morgan fingerprint density at radius 3 is 2.29 bits per heavy atom. The summed E-state index contributed by atoms with van der Waals surface area (Å²) in [6, 6.07) is 0. The topological polar surface area (TPSA) is 54.4 Å². The predicted molar refractivity (Wildman–Crippen MR) is 124 cm³/mol. The van der Waals surface area contributed by atoms with Gasteiger partial charge in [-0.05, 0) is 90.8 Å². The lowest BCUT2D eigenvalue weighted by Crippen LogP contribution is -2.57. The van der Waals surface area contributed by atoms with E-state index in [4.69, 9.17) is 0 Å². The van der Waals surface area contributed by atoms with E-state index in [-0.39, 0.29) is 22.9 Å². The molecule has 4 saturated carbocycles. The Bertz CT molecular complexity index is 713.